The predicted molar refractivity (Wildman–Crippen MR) is 102 cm³/mol. The van der Waals surface area contributed by atoms with Crippen LogP contribution in [0.3, 0.4) is 0 Å². The van der Waals surface area contributed by atoms with Gasteiger partial charge in [0.2, 0.25) is 5.91 Å². The first kappa shape index (κ1) is 18.5. The molecule has 4 nitrogen and oxygen atoms in total. The SMILES string of the molecule is CC(C)(C)NSc1ccc(NC(=O)C(N)Cc2ccccc2)cc1. The largest absolute Gasteiger partial charge is 0.325 e. The summed E-state index contributed by atoms with van der Waals surface area (Å²) in [6, 6.07) is 16.9. The fraction of sp³-hybridized carbons (Fsp3) is 0.316. The van der Waals surface area contributed by atoms with Crippen LogP contribution < -0.4 is 15.8 Å². The average Bonchev–Trinajstić information content (AvgIpc) is 2.54. The van der Waals surface area contributed by atoms with E-state index in [2.05, 4.69) is 30.8 Å². The van der Waals surface area contributed by atoms with Gasteiger partial charge in [0.15, 0.2) is 0 Å². The molecule has 2 aromatic rings. The quantitative estimate of drug-likeness (QED) is 0.701. The van der Waals surface area contributed by atoms with E-state index in [9.17, 15) is 4.79 Å². The zero-order valence-corrected chi connectivity index (χ0v) is 15.2. The molecule has 0 aliphatic heterocycles. The molecule has 0 aromatic heterocycles. The minimum absolute atomic E-state index is 0.0434. The molecular weight excluding hydrogens is 318 g/mol. The number of benzene rings is 2. The number of carbonyl (C=O) groups is 1. The second-order valence-electron chi connectivity index (χ2n) is 6.76. The van der Waals surface area contributed by atoms with Crippen LogP contribution in [0.2, 0.25) is 0 Å². The van der Waals surface area contributed by atoms with Gasteiger partial charge in [-0.05, 0) is 69.0 Å². The van der Waals surface area contributed by atoms with Crippen molar-refractivity contribution in [3.8, 4) is 0 Å². The number of anilines is 1. The van der Waals surface area contributed by atoms with Gasteiger partial charge in [-0.3, -0.25) is 9.52 Å². The third-order valence-corrected chi connectivity index (χ3v) is 4.45. The van der Waals surface area contributed by atoms with Crippen molar-refractivity contribution in [3.05, 3.63) is 60.2 Å². The summed E-state index contributed by atoms with van der Waals surface area (Å²) in [7, 11) is 0. The fourth-order valence-electron chi connectivity index (χ4n) is 2.01. The van der Waals surface area contributed by atoms with E-state index in [0.29, 0.717) is 6.42 Å². The van der Waals surface area contributed by atoms with Crippen molar-refractivity contribution in [1.82, 2.24) is 4.72 Å². The van der Waals surface area contributed by atoms with Crippen LogP contribution in [0, 0.1) is 0 Å². The molecule has 24 heavy (non-hydrogen) atoms. The van der Waals surface area contributed by atoms with E-state index in [1.54, 1.807) is 11.9 Å². The lowest BCUT2D eigenvalue weighted by molar-refractivity contribution is -0.117. The average molecular weight is 343 g/mol. The first-order chi connectivity index (χ1) is 11.3. The predicted octanol–water partition coefficient (Wildman–Crippen LogP) is 3.59. The molecule has 0 heterocycles. The number of carbonyl (C=O) groups excluding carboxylic acids is 1. The van der Waals surface area contributed by atoms with E-state index in [0.717, 1.165) is 16.1 Å². The zero-order valence-electron chi connectivity index (χ0n) is 14.4. The Bertz CT molecular complexity index is 651. The monoisotopic (exact) mass is 343 g/mol. The van der Waals surface area contributed by atoms with E-state index < -0.39 is 6.04 Å². The van der Waals surface area contributed by atoms with E-state index in [-0.39, 0.29) is 11.4 Å². The molecule has 5 heteroatoms. The Morgan fingerprint density at radius 1 is 1.08 bits per heavy atom. The summed E-state index contributed by atoms with van der Waals surface area (Å²) >= 11 is 1.58. The van der Waals surface area contributed by atoms with Gasteiger partial charge in [-0.1, -0.05) is 30.3 Å². The summed E-state index contributed by atoms with van der Waals surface area (Å²) in [5, 5.41) is 2.87. The van der Waals surface area contributed by atoms with Crippen LogP contribution in [-0.2, 0) is 11.2 Å². The molecule has 2 aromatic carbocycles. The number of nitrogens with two attached hydrogens (primary N) is 1. The van der Waals surface area contributed by atoms with Gasteiger partial charge in [0.25, 0.3) is 0 Å². The lowest BCUT2D eigenvalue weighted by Crippen LogP contribution is -2.37. The molecule has 0 aliphatic carbocycles. The third kappa shape index (κ3) is 6.35. The van der Waals surface area contributed by atoms with Crippen molar-refractivity contribution in [3.63, 3.8) is 0 Å². The Labute approximate surface area is 148 Å². The summed E-state index contributed by atoms with van der Waals surface area (Å²) in [6.07, 6.45) is 0.524. The highest BCUT2D eigenvalue weighted by Gasteiger charge is 2.14. The van der Waals surface area contributed by atoms with Gasteiger partial charge in [0.05, 0.1) is 6.04 Å². The number of nitrogens with one attached hydrogen (secondary N) is 2. The topological polar surface area (TPSA) is 67.1 Å². The Morgan fingerprint density at radius 2 is 1.71 bits per heavy atom. The van der Waals surface area contributed by atoms with Crippen LogP contribution in [0.4, 0.5) is 5.69 Å². The molecule has 4 N–H and O–H groups in total. The van der Waals surface area contributed by atoms with Gasteiger partial charge in [-0.2, -0.15) is 0 Å². The zero-order chi connectivity index (χ0) is 17.6. The van der Waals surface area contributed by atoms with Crippen LogP contribution in [-0.4, -0.2) is 17.5 Å². The molecule has 0 saturated heterocycles. The minimum atomic E-state index is -0.566. The Hall–Kier alpha value is -1.82. The lowest BCUT2D eigenvalue weighted by atomic mass is 10.1. The molecule has 0 fully saturated rings. The highest BCUT2D eigenvalue weighted by molar-refractivity contribution is 7.97. The van der Waals surface area contributed by atoms with Gasteiger partial charge in [0.1, 0.15) is 0 Å². The van der Waals surface area contributed by atoms with Gasteiger partial charge in [-0.15, -0.1) is 0 Å². The summed E-state index contributed by atoms with van der Waals surface area (Å²) in [4.78, 5) is 13.3. The van der Waals surface area contributed by atoms with Crippen molar-refractivity contribution in [2.45, 2.75) is 43.7 Å². The van der Waals surface area contributed by atoms with Crippen molar-refractivity contribution < 1.29 is 4.79 Å². The third-order valence-electron chi connectivity index (χ3n) is 3.23. The molecule has 0 aliphatic rings. The molecule has 1 amide bonds. The first-order valence-corrected chi connectivity index (χ1v) is 8.79. The second kappa shape index (κ2) is 8.33. The van der Waals surface area contributed by atoms with E-state index in [1.807, 2.05) is 54.6 Å². The number of hydrogen-bond donors (Lipinski definition) is 3. The molecule has 2 rings (SSSR count). The van der Waals surface area contributed by atoms with Crippen LogP contribution >= 0.6 is 11.9 Å². The van der Waals surface area contributed by atoms with Crippen molar-refractivity contribution in [2.75, 3.05) is 5.32 Å². The second-order valence-corrected chi connectivity index (χ2v) is 7.64. The number of amides is 1. The van der Waals surface area contributed by atoms with Crippen LogP contribution in [0.15, 0.2) is 59.5 Å². The maximum Gasteiger partial charge on any atom is 0.241 e. The van der Waals surface area contributed by atoms with Gasteiger partial charge >= 0.3 is 0 Å². The maximum atomic E-state index is 12.2. The molecule has 0 saturated carbocycles. The first-order valence-electron chi connectivity index (χ1n) is 7.98. The molecule has 1 atom stereocenters. The standard InChI is InChI=1S/C19H25N3OS/c1-19(2,3)22-24-16-11-9-15(10-12-16)21-18(23)17(20)13-14-7-5-4-6-8-14/h4-12,17,22H,13,20H2,1-3H3,(H,21,23). The minimum Gasteiger partial charge on any atom is -0.325 e. The van der Waals surface area contributed by atoms with Crippen molar-refractivity contribution >= 4 is 23.5 Å². The van der Waals surface area contributed by atoms with Gasteiger partial charge in [-0.25, -0.2) is 0 Å². The molecule has 0 spiro atoms. The summed E-state index contributed by atoms with van der Waals surface area (Å²) < 4.78 is 3.35. The Kier molecular flexibility index (Phi) is 6.43. The molecule has 128 valence electrons. The maximum absolute atomic E-state index is 12.2. The molecular formula is C19H25N3OS. The van der Waals surface area contributed by atoms with E-state index in [4.69, 9.17) is 5.73 Å². The van der Waals surface area contributed by atoms with Crippen LogP contribution in [0.5, 0.6) is 0 Å². The lowest BCUT2D eigenvalue weighted by Gasteiger charge is -2.19. The van der Waals surface area contributed by atoms with Gasteiger partial charge < -0.3 is 11.1 Å². The Morgan fingerprint density at radius 3 is 2.29 bits per heavy atom. The normalized spacial score (nSPS) is 12.7. The molecule has 0 bridgehead atoms. The summed E-state index contributed by atoms with van der Waals surface area (Å²) in [6.45, 7) is 6.34. The summed E-state index contributed by atoms with van der Waals surface area (Å²) in [5.41, 5.74) is 7.85. The summed E-state index contributed by atoms with van der Waals surface area (Å²) in [5.74, 6) is -0.174. The Balaban J connectivity index is 1.87. The van der Waals surface area contributed by atoms with Gasteiger partial charge in [0, 0.05) is 16.1 Å². The number of rotatable bonds is 6. The van der Waals surface area contributed by atoms with E-state index >= 15 is 0 Å². The fourth-order valence-corrected chi connectivity index (χ4v) is 2.71. The molecule has 0 radical (unpaired) electrons. The highest BCUT2D eigenvalue weighted by Crippen LogP contribution is 2.20. The highest BCUT2D eigenvalue weighted by atomic mass is 32.2. The van der Waals surface area contributed by atoms with Crippen molar-refractivity contribution in [2.24, 2.45) is 5.73 Å². The smallest absolute Gasteiger partial charge is 0.241 e. The van der Waals surface area contributed by atoms with E-state index in [1.165, 1.54) is 0 Å². The molecule has 1 unspecified atom stereocenters. The van der Waals surface area contributed by atoms with Crippen molar-refractivity contribution in [1.29, 1.82) is 0 Å². The number of hydrogen-bond acceptors (Lipinski definition) is 4. The van der Waals surface area contributed by atoms with Crippen LogP contribution in [0.1, 0.15) is 26.3 Å². The van der Waals surface area contributed by atoms with Crippen LogP contribution in [0.25, 0.3) is 0 Å².